The van der Waals surface area contributed by atoms with E-state index >= 15 is 0 Å². The largest absolute Gasteiger partial charge is 0.301 e. The summed E-state index contributed by atoms with van der Waals surface area (Å²) in [6, 6.07) is 0. The van der Waals surface area contributed by atoms with E-state index in [9.17, 15) is 0 Å². The van der Waals surface area contributed by atoms with E-state index in [4.69, 9.17) is 0 Å². The van der Waals surface area contributed by atoms with Crippen molar-refractivity contribution in [2.24, 2.45) is 0 Å². The van der Waals surface area contributed by atoms with Crippen LogP contribution < -0.4 is 0 Å². The molecule has 0 spiro atoms. The van der Waals surface area contributed by atoms with Crippen LogP contribution in [0.15, 0.2) is 18.6 Å². The Labute approximate surface area is 84.8 Å². The first-order valence-electron chi connectivity index (χ1n) is 5.10. The molecule has 76 valence electrons. The topological polar surface area (TPSA) is 30.2 Å². The van der Waals surface area contributed by atoms with Gasteiger partial charge in [0.2, 0.25) is 0 Å². The first-order valence-corrected chi connectivity index (χ1v) is 5.10. The lowest BCUT2D eigenvalue weighted by atomic mass is 10.3. The monoisotopic (exact) mass is 191 g/mol. The minimum absolute atomic E-state index is 0.961. The highest BCUT2D eigenvalue weighted by Crippen LogP contribution is 2.10. The van der Waals surface area contributed by atoms with E-state index in [2.05, 4.69) is 21.3 Å². The van der Waals surface area contributed by atoms with Gasteiger partial charge in [-0.2, -0.15) is 0 Å². The van der Waals surface area contributed by atoms with Gasteiger partial charge in [0, 0.05) is 12.4 Å². The summed E-state index contributed by atoms with van der Waals surface area (Å²) in [7, 11) is 0. The molecule has 2 heterocycles. The van der Waals surface area contributed by atoms with Gasteiger partial charge in [0.1, 0.15) is 5.82 Å². The summed E-state index contributed by atoms with van der Waals surface area (Å²) < 4.78 is 2.06. The average Bonchev–Trinajstić information content (AvgIpc) is 2.59. The number of rotatable bonds is 1. The highest BCUT2D eigenvalue weighted by Gasteiger charge is 2.04. The molecular weight excluding hydrogens is 174 g/mol. The average molecular weight is 191 g/mol. The summed E-state index contributed by atoms with van der Waals surface area (Å²) in [5.74, 6) is 1.03. The molecule has 0 aliphatic rings. The Morgan fingerprint density at radius 2 is 2.07 bits per heavy atom. The molecule has 3 nitrogen and oxygen atoms in total. The maximum atomic E-state index is 4.43. The van der Waals surface area contributed by atoms with Gasteiger partial charge >= 0.3 is 0 Å². The quantitative estimate of drug-likeness (QED) is 0.693. The van der Waals surface area contributed by atoms with Crippen molar-refractivity contribution in [3.8, 4) is 0 Å². The molecular formula is C11H17N3. The Balaban J connectivity index is 0.000000461. The Morgan fingerprint density at radius 3 is 2.71 bits per heavy atom. The summed E-state index contributed by atoms with van der Waals surface area (Å²) in [6.07, 6.45) is 6.54. The minimum Gasteiger partial charge on any atom is -0.301 e. The lowest BCUT2D eigenvalue weighted by Gasteiger charge is -1.93. The van der Waals surface area contributed by atoms with Gasteiger partial charge in [-0.25, -0.2) is 4.98 Å². The van der Waals surface area contributed by atoms with Crippen molar-refractivity contribution >= 4 is 5.52 Å². The van der Waals surface area contributed by atoms with Crippen molar-refractivity contribution in [2.75, 3.05) is 0 Å². The number of aryl methyl sites for hydroxylation is 2. The van der Waals surface area contributed by atoms with Crippen LogP contribution in [0.5, 0.6) is 0 Å². The molecule has 3 heteroatoms. The zero-order valence-electron chi connectivity index (χ0n) is 9.28. The van der Waals surface area contributed by atoms with Gasteiger partial charge in [0.25, 0.3) is 0 Å². The molecule has 0 fully saturated rings. The third-order valence-corrected chi connectivity index (χ3v) is 2.03. The van der Waals surface area contributed by atoms with E-state index in [1.807, 2.05) is 33.2 Å². The van der Waals surface area contributed by atoms with Gasteiger partial charge in [0.15, 0.2) is 0 Å². The van der Waals surface area contributed by atoms with E-state index in [1.165, 1.54) is 0 Å². The van der Waals surface area contributed by atoms with Crippen molar-refractivity contribution in [3.05, 3.63) is 30.1 Å². The van der Waals surface area contributed by atoms with Crippen molar-refractivity contribution in [1.82, 2.24) is 14.4 Å². The lowest BCUT2D eigenvalue weighted by molar-refractivity contribution is 1.01. The van der Waals surface area contributed by atoms with Gasteiger partial charge < -0.3 is 4.40 Å². The SMILES string of the molecule is CC.CCc1nc(C)n2ccncc12. The van der Waals surface area contributed by atoms with Crippen molar-refractivity contribution in [3.63, 3.8) is 0 Å². The smallest absolute Gasteiger partial charge is 0.110 e. The zero-order chi connectivity index (χ0) is 10.6. The number of aromatic nitrogens is 3. The van der Waals surface area contributed by atoms with Crippen molar-refractivity contribution < 1.29 is 0 Å². The molecule has 0 aliphatic heterocycles. The molecule has 14 heavy (non-hydrogen) atoms. The zero-order valence-corrected chi connectivity index (χ0v) is 9.28. The van der Waals surface area contributed by atoms with Crippen LogP contribution in [-0.4, -0.2) is 14.4 Å². The Morgan fingerprint density at radius 1 is 1.36 bits per heavy atom. The Bertz CT molecular complexity index is 404. The number of hydrogen-bond acceptors (Lipinski definition) is 2. The molecule has 2 rings (SSSR count). The third-order valence-electron chi connectivity index (χ3n) is 2.03. The molecule has 0 amide bonds. The fourth-order valence-corrected chi connectivity index (χ4v) is 1.42. The second-order valence-corrected chi connectivity index (χ2v) is 2.79. The van der Waals surface area contributed by atoms with E-state index in [-0.39, 0.29) is 0 Å². The van der Waals surface area contributed by atoms with Crippen molar-refractivity contribution in [2.45, 2.75) is 34.1 Å². The van der Waals surface area contributed by atoms with Crippen LogP contribution in [0.3, 0.4) is 0 Å². The van der Waals surface area contributed by atoms with Crippen LogP contribution in [0.2, 0.25) is 0 Å². The van der Waals surface area contributed by atoms with Crippen LogP contribution in [0.25, 0.3) is 5.52 Å². The van der Waals surface area contributed by atoms with Gasteiger partial charge in [0.05, 0.1) is 17.4 Å². The van der Waals surface area contributed by atoms with Gasteiger partial charge in [-0.05, 0) is 13.3 Å². The summed E-state index contributed by atoms with van der Waals surface area (Å²) in [5, 5.41) is 0. The van der Waals surface area contributed by atoms with E-state index in [1.54, 1.807) is 6.20 Å². The Kier molecular flexibility index (Phi) is 3.63. The number of nitrogens with zero attached hydrogens (tertiary/aromatic N) is 3. The van der Waals surface area contributed by atoms with E-state index in [0.29, 0.717) is 0 Å². The Hall–Kier alpha value is -1.38. The first kappa shape index (κ1) is 10.7. The van der Waals surface area contributed by atoms with Crippen LogP contribution in [0.4, 0.5) is 0 Å². The van der Waals surface area contributed by atoms with Gasteiger partial charge in [-0.15, -0.1) is 0 Å². The first-order chi connectivity index (χ1) is 6.83. The van der Waals surface area contributed by atoms with Gasteiger partial charge in [-0.1, -0.05) is 20.8 Å². The molecule has 0 bridgehead atoms. The number of imidazole rings is 1. The normalized spacial score (nSPS) is 9.71. The van der Waals surface area contributed by atoms with Crippen LogP contribution in [0.1, 0.15) is 32.3 Å². The molecule has 0 aromatic carbocycles. The molecule has 0 radical (unpaired) electrons. The van der Waals surface area contributed by atoms with Crippen LogP contribution >= 0.6 is 0 Å². The molecule has 0 unspecified atom stereocenters. The summed E-state index contributed by atoms with van der Waals surface area (Å²) in [5.41, 5.74) is 2.25. The summed E-state index contributed by atoms with van der Waals surface area (Å²) >= 11 is 0. The van der Waals surface area contributed by atoms with Gasteiger partial charge in [-0.3, -0.25) is 4.98 Å². The number of hydrogen-bond donors (Lipinski definition) is 0. The molecule has 0 saturated heterocycles. The molecule has 0 atom stereocenters. The predicted molar refractivity (Wildman–Crippen MR) is 58.5 cm³/mol. The second-order valence-electron chi connectivity index (χ2n) is 2.79. The van der Waals surface area contributed by atoms with Crippen LogP contribution in [0, 0.1) is 6.92 Å². The van der Waals surface area contributed by atoms with E-state index < -0.39 is 0 Å². The predicted octanol–water partition coefficient (Wildman–Crippen LogP) is 2.63. The van der Waals surface area contributed by atoms with E-state index in [0.717, 1.165) is 23.5 Å². The maximum absolute atomic E-state index is 4.43. The molecule has 0 N–H and O–H groups in total. The third kappa shape index (κ3) is 1.76. The highest BCUT2D eigenvalue weighted by molar-refractivity contribution is 5.50. The summed E-state index contributed by atoms with van der Waals surface area (Å²) in [6.45, 7) is 8.11. The second kappa shape index (κ2) is 4.74. The number of fused-ring (bicyclic) bond motifs is 1. The fraction of sp³-hybridized carbons (Fsp3) is 0.455. The molecule has 2 aromatic rings. The fourth-order valence-electron chi connectivity index (χ4n) is 1.42. The van der Waals surface area contributed by atoms with Crippen LogP contribution in [-0.2, 0) is 6.42 Å². The molecule has 2 aromatic heterocycles. The summed E-state index contributed by atoms with van der Waals surface area (Å²) in [4.78, 5) is 8.51. The lowest BCUT2D eigenvalue weighted by Crippen LogP contribution is -1.87. The molecule has 0 saturated carbocycles. The van der Waals surface area contributed by atoms with Crippen molar-refractivity contribution in [1.29, 1.82) is 0 Å². The maximum Gasteiger partial charge on any atom is 0.110 e. The highest BCUT2D eigenvalue weighted by atomic mass is 15.0. The standard InChI is InChI=1S/C9H11N3.C2H6/c1-3-8-9-6-10-4-5-12(9)7(2)11-8;1-2/h4-6H,3H2,1-2H3;1-2H3. The molecule has 0 aliphatic carbocycles. The minimum atomic E-state index is 0.961.